The highest BCUT2D eigenvalue weighted by Gasteiger charge is 2.38. The predicted octanol–water partition coefficient (Wildman–Crippen LogP) is 0.0998. The zero-order chi connectivity index (χ0) is 12.6. The van der Waals surface area contributed by atoms with Gasteiger partial charge in [0, 0.05) is 19.2 Å². The minimum Gasteiger partial charge on any atom is -0.500 e. The molecule has 0 atom stereocenters. The van der Waals surface area contributed by atoms with Crippen molar-refractivity contribution in [2.24, 2.45) is 0 Å². The molecule has 0 unspecified atom stereocenters. The highest BCUT2D eigenvalue weighted by Crippen LogP contribution is 2.40. The fourth-order valence-corrected chi connectivity index (χ4v) is 1.72. The molecule has 1 aromatic carbocycles. The molecule has 0 aromatic heterocycles. The van der Waals surface area contributed by atoms with Gasteiger partial charge in [-0.3, -0.25) is 10.1 Å². The fourth-order valence-electron chi connectivity index (χ4n) is 1.72. The van der Waals surface area contributed by atoms with E-state index in [2.05, 4.69) is 5.32 Å². The molecule has 0 aliphatic carbocycles. The van der Waals surface area contributed by atoms with E-state index in [0.717, 1.165) is 0 Å². The van der Waals surface area contributed by atoms with Crippen molar-refractivity contribution in [1.29, 1.82) is 0 Å². The third-order valence-corrected chi connectivity index (χ3v) is 2.84. The van der Waals surface area contributed by atoms with Crippen LogP contribution in [0.4, 0.5) is 5.69 Å². The lowest BCUT2D eigenvalue weighted by atomic mass is 9.87. The first-order valence-electron chi connectivity index (χ1n) is 4.97. The maximum atomic E-state index is 10.8. The number of hydrogen-bond donors (Lipinski definition) is 3. The molecule has 92 valence electrons. The number of phenolic OH excluding ortho intramolecular Hbond substituents is 1. The van der Waals surface area contributed by atoms with Crippen LogP contribution in [0.1, 0.15) is 5.56 Å². The van der Waals surface area contributed by atoms with Gasteiger partial charge in [0.05, 0.1) is 12.0 Å². The quantitative estimate of drug-likeness (QED) is 0.511. The number of aliphatic hydroxyl groups is 1. The SMILES string of the molecule is COc1cc(C2(O)CNC2)cc([N+](=O)[O-])c1O. The maximum Gasteiger partial charge on any atom is 0.315 e. The molecule has 0 spiro atoms. The summed E-state index contributed by atoms with van der Waals surface area (Å²) in [6.07, 6.45) is 0. The van der Waals surface area contributed by atoms with Crippen LogP contribution in [-0.2, 0) is 5.60 Å². The molecule has 0 bridgehead atoms. The van der Waals surface area contributed by atoms with Crippen molar-refractivity contribution in [2.75, 3.05) is 20.2 Å². The van der Waals surface area contributed by atoms with Gasteiger partial charge in [-0.15, -0.1) is 0 Å². The van der Waals surface area contributed by atoms with E-state index >= 15 is 0 Å². The summed E-state index contributed by atoms with van der Waals surface area (Å²) in [6, 6.07) is 2.57. The number of aromatic hydroxyl groups is 1. The number of ether oxygens (including phenoxy) is 1. The first-order chi connectivity index (χ1) is 7.98. The average molecular weight is 240 g/mol. The summed E-state index contributed by atoms with van der Waals surface area (Å²) >= 11 is 0. The Morgan fingerprint density at radius 2 is 2.18 bits per heavy atom. The molecule has 1 aromatic rings. The fraction of sp³-hybridized carbons (Fsp3) is 0.400. The van der Waals surface area contributed by atoms with Crippen molar-refractivity contribution in [3.8, 4) is 11.5 Å². The van der Waals surface area contributed by atoms with Gasteiger partial charge in [-0.1, -0.05) is 0 Å². The van der Waals surface area contributed by atoms with E-state index in [1.165, 1.54) is 19.2 Å². The Hall–Kier alpha value is -1.86. The molecule has 0 amide bonds. The second-order valence-electron chi connectivity index (χ2n) is 3.94. The van der Waals surface area contributed by atoms with Crippen LogP contribution in [-0.4, -0.2) is 35.3 Å². The molecule has 1 aliphatic heterocycles. The van der Waals surface area contributed by atoms with E-state index < -0.39 is 22.0 Å². The summed E-state index contributed by atoms with van der Waals surface area (Å²) < 4.78 is 4.85. The summed E-state index contributed by atoms with van der Waals surface area (Å²) in [7, 11) is 1.30. The molecule has 1 aliphatic rings. The van der Waals surface area contributed by atoms with E-state index in [-0.39, 0.29) is 5.75 Å². The minimum atomic E-state index is -1.13. The Bertz CT molecular complexity index is 470. The van der Waals surface area contributed by atoms with Crippen molar-refractivity contribution in [2.45, 2.75) is 5.60 Å². The molecule has 7 heteroatoms. The number of nitro benzene ring substituents is 1. The molecule has 3 N–H and O–H groups in total. The van der Waals surface area contributed by atoms with Crippen LogP contribution in [0.15, 0.2) is 12.1 Å². The standard InChI is InChI=1S/C10H12N2O5/c1-17-8-3-6(10(14)4-11-5-10)2-7(9(8)13)12(15)16/h2-3,11,13-14H,4-5H2,1H3. The van der Waals surface area contributed by atoms with E-state index in [1.807, 2.05) is 0 Å². The van der Waals surface area contributed by atoms with Crippen molar-refractivity contribution in [1.82, 2.24) is 5.32 Å². The zero-order valence-corrected chi connectivity index (χ0v) is 9.14. The second-order valence-corrected chi connectivity index (χ2v) is 3.94. The number of β-amino-alcohol motifs (C(OH)–C–C–N with tert-alkyl or cyclic N) is 1. The van der Waals surface area contributed by atoms with E-state index in [9.17, 15) is 20.3 Å². The minimum absolute atomic E-state index is 0.0190. The van der Waals surface area contributed by atoms with Crippen molar-refractivity contribution < 1.29 is 19.9 Å². The molecule has 1 heterocycles. The van der Waals surface area contributed by atoms with Crippen LogP contribution in [0, 0.1) is 10.1 Å². The third kappa shape index (κ3) is 1.79. The molecular formula is C10H12N2O5. The number of benzene rings is 1. The molecule has 1 saturated heterocycles. The van der Waals surface area contributed by atoms with Gasteiger partial charge in [-0.05, 0) is 11.6 Å². The molecule has 1 fully saturated rings. The summed E-state index contributed by atoms with van der Waals surface area (Å²) in [6.45, 7) is 0.635. The van der Waals surface area contributed by atoms with Crippen LogP contribution < -0.4 is 10.1 Å². The van der Waals surface area contributed by atoms with E-state index in [1.54, 1.807) is 0 Å². The maximum absolute atomic E-state index is 10.8. The lowest BCUT2D eigenvalue weighted by Crippen LogP contribution is -2.56. The number of hydrogen-bond acceptors (Lipinski definition) is 6. The summed E-state index contributed by atoms with van der Waals surface area (Å²) in [4.78, 5) is 10.1. The molecule has 17 heavy (non-hydrogen) atoms. The summed E-state index contributed by atoms with van der Waals surface area (Å²) in [5.74, 6) is -0.549. The molecule has 2 rings (SSSR count). The number of nitro groups is 1. The molecule has 0 radical (unpaired) electrons. The summed E-state index contributed by atoms with van der Waals surface area (Å²) in [5.41, 5.74) is -1.25. The number of rotatable bonds is 3. The van der Waals surface area contributed by atoms with Crippen molar-refractivity contribution >= 4 is 5.69 Å². The Balaban J connectivity index is 2.54. The first kappa shape index (κ1) is 11.6. The van der Waals surface area contributed by atoms with Crippen molar-refractivity contribution in [3.05, 3.63) is 27.8 Å². The van der Waals surface area contributed by atoms with E-state index in [4.69, 9.17) is 4.74 Å². The van der Waals surface area contributed by atoms with Gasteiger partial charge in [0.2, 0.25) is 5.75 Å². The zero-order valence-electron chi connectivity index (χ0n) is 9.14. The first-order valence-corrected chi connectivity index (χ1v) is 4.97. The smallest absolute Gasteiger partial charge is 0.315 e. The van der Waals surface area contributed by atoms with E-state index in [0.29, 0.717) is 18.7 Å². The highest BCUT2D eigenvalue weighted by molar-refractivity contribution is 5.58. The highest BCUT2D eigenvalue weighted by atomic mass is 16.6. The predicted molar refractivity (Wildman–Crippen MR) is 58.1 cm³/mol. The molecular weight excluding hydrogens is 228 g/mol. The van der Waals surface area contributed by atoms with Gasteiger partial charge in [-0.2, -0.15) is 0 Å². The number of nitrogens with zero attached hydrogens (tertiary/aromatic N) is 1. The number of phenols is 1. The van der Waals surface area contributed by atoms with Gasteiger partial charge in [0.1, 0.15) is 5.60 Å². The number of methoxy groups -OCH3 is 1. The van der Waals surface area contributed by atoms with Gasteiger partial charge in [-0.25, -0.2) is 0 Å². The molecule has 7 nitrogen and oxygen atoms in total. The van der Waals surface area contributed by atoms with Gasteiger partial charge < -0.3 is 20.3 Å². The van der Waals surface area contributed by atoms with Crippen LogP contribution >= 0.6 is 0 Å². The lowest BCUT2D eigenvalue weighted by Gasteiger charge is -2.38. The summed E-state index contributed by atoms with van der Waals surface area (Å²) in [5, 5.41) is 33.3. The topological polar surface area (TPSA) is 105 Å². The van der Waals surface area contributed by atoms with Gasteiger partial charge >= 0.3 is 5.69 Å². The third-order valence-electron chi connectivity index (χ3n) is 2.84. The van der Waals surface area contributed by atoms with Crippen LogP contribution in [0.2, 0.25) is 0 Å². The monoisotopic (exact) mass is 240 g/mol. The molecule has 0 saturated carbocycles. The Morgan fingerprint density at radius 1 is 1.53 bits per heavy atom. The van der Waals surface area contributed by atoms with Crippen LogP contribution in [0.5, 0.6) is 11.5 Å². The Morgan fingerprint density at radius 3 is 2.59 bits per heavy atom. The van der Waals surface area contributed by atoms with Crippen molar-refractivity contribution in [3.63, 3.8) is 0 Å². The average Bonchev–Trinajstić information content (AvgIpc) is 2.25. The Labute approximate surface area is 96.8 Å². The van der Waals surface area contributed by atoms with Gasteiger partial charge in [0.25, 0.3) is 0 Å². The largest absolute Gasteiger partial charge is 0.500 e. The normalized spacial score (nSPS) is 17.3. The van der Waals surface area contributed by atoms with Crippen LogP contribution in [0.3, 0.4) is 0 Å². The second kappa shape index (κ2) is 3.86. The van der Waals surface area contributed by atoms with Crippen LogP contribution in [0.25, 0.3) is 0 Å². The number of nitrogens with one attached hydrogen (secondary N) is 1. The lowest BCUT2D eigenvalue weighted by molar-refractivity contribution is -0.386. The Kier molecular flexibility index (Phi) is 2.64. The van der Waals surface area contributed by atoms with Gasteiger partial charge in [0.15, 0.2) is 5.75 Å².